The minimum atomic E-state index is -1.41. The Bertz CT molecular complexity index is 1620. The second-order valence-electron chi connectivity index (χ2n) is 10.7. The van der Waals surface area contributed by atoms with E-state index in [1.54, 1.807) is 18.3 Å². The number of furan rings is 1. The van der Waals surface area contributed by atoms with Crippen molar-refractivity contribution in [3.8, 4) is 11.4 Å². The van der Waals surface area contributed by atoms with Crippen molar-refractivity contribution in [2.75, 3.05) is 13.1 Å². The summed E-state index contributed by atoms with van der Waals surface area (Å²) in [5.74, 6) is 0.665. The average molecular weight is 512 g/mol. The highest BCUT2D eigenvalue weighted by Gasteiger charge is 2.37. The number of halogens is 1. The molecule has 2 N–H and O–H groups in total. The third-order valence-corrected chi connectivity index (χ3v) is 7.66. The van der Waals surface area contributed by atoms with Crippen LogP contribution in [0.25, 0.3) is 33.3 Å². The highest BCUT2D eigenvalue weighted by molar-refractivity contribution is 6.05. The number of nitrogens with one attached hydrogen (secondary N) is 1. The first kappa shape index (κ1) is 24.4. The number of likely N-dealkylation sites (tertiary alicyclic amines) is 1. The van der Waals surface area contributed by atoms with Crippen molar-refractivity contribution < 1.29 is 18.7 Å². The lowest BCUT2D eigenvalue weighted by molar-refractivity contribution is -0.135. The Morgan fingerprint density at radius 1 is 1.05 bits per heavy atom. The molecule has 1 saturated heterocycles. The van der Waals surface area contributed by atoms with Crippen LogP contribution in [0.2, 0.25) is 0 Å². The van der Waals surface area contributed by atoms with E-state index < -0.39 is 11.3 Å². The van der Waals surface area contributed by atoms with E-state index in [0.29, 0.717) is 49.4 Å². The molecule has 1 fully saturated rings. The summed E-state index contributed by atoms with van der Waals surface area (Å²) in [4.78, 5) is 22.6. The van der Waals surface area contributed by atoms with Crippen molar-refractivity contribution in [3.63, 3.8) is 0 Å². The molecule has 1 amide bonds. The molecular weight excluding hydrogens is 481 g/mol. The van der Waals surface area contributed by atoms with Crippen LogP contribution >= 0.6 is 0 Å². The van der Waals surface area contributed by atoms with Gasteiger partial charge in [0.05, 0.1) is 18.3 Å². The van der Waals surface area contributed by atoms with E-state index >= 15 is 0 Å². The standard InChI is InChI=1S/C31H30FN3O3/c1-30(2,32)22-10-8-21(9-11-22)29-33-19-27(34-29)31(37)13-15-35(16-14-31)28(36)18-20-7-12-26-24(17-20)23-5-3-4-6-25(23)38-26/h3-12,17,19,37H,13-16,18H2,1-2H3,(H,33,34). The van der Waals surface area contributed by atoms with Gasteiger partial charge in [0.1, 0.15) is 28.3 Å². The molecule has 0 radical (unpaired) electrons. The molecule has 194 valence electrons. The van der Waals surface area contributed by atoms with Gasteiger partial charge in [0.2, 0.25) is 5.91 Å². The number of amides is 1. The van der Waals surface area contributed by atoms with Crippen LogP contribution in [0.1, 0.15) is 43.5 Å². The quantitative estimate of drug-likeness (QED) is 0.293. The highest BCUT2D eigenvalue weighted by Crippen LogP contribution is 2.34. The van der Waals surface area contributed by atoms with Gasteiger partial charge in [0.15, 0.2) is 0 Å². The minimum Gasteiger partial charge on any atom is -0.456 e. The number of hydrogen-bond donors (Lipinski definition) is 2. The first-order valence-electron chi connectivity index (χ1n) is 13.0. The molecule has 0 atom stereocenters. The fourth-order valence-corrected chi connectivity index (χ4v) is 5.29. The van der Waals surface area contributed by atoms with Gasteiger partial charge in [0.25, 0.3) is 0 Å². The molecule has 3 heterocycles. The topological polar surface area (TPSA) is 82.4 Å². The van der Waals surface area contributed by atoms with Crippen LogP contribution < -0.4 is 0 Å². The number of para-hydroxylation sites is 1. The van der Waals surface area contributed by atoms with Crippen LogP contribution in [0, 0.1) is 0 Å². The molecule has 3 aromatic carbocycles. The summed E-state index contributed by atoms with van der Waals surface area (Å²) in [7, 11) is 0. The molecule has 38 heavy (non-hydrogen) atoms. The smallest absolute Gasteiger partial charge is 0.226 e. The van der Waals surface area contributed by atoms with Gasteiger partial charge >= 0.3 is 0 Å². The molecule has 0 saturated carbocycles. The van der Waals surface area contributed by atoms with Crippen LogP contribution in [0.4, 0.5) is 4.39 Å². The number of carbonyl (C=O) groups excluding carboxylic acids is 1. The molecule has 0 aliphatic carbocycles. The zero-order valence-corrected chi connectivity index (χ0v) is 21.5. The molecular formula is C31H30FN3O3. The summed E-state index contributed by atoms with van der Waals surface area (Å²) in [5.41, 5.74) is 2.15. The third kappa shape index (κ3) is 4.47. The minimum absolute atomic E-state index is 0.0420. The Balaban J connectivity index is 1.12. The van der Waals surface area contributed by atoms with E-state index in [2.05, 4.69) is 9.97 Å². The van der Waals surface area contributed by atoms with Gasteiger partial charge in [-0.25, -0.2) is 9.37 Å². The van der Waals surface area contributed by atoms with Crippen LogP contribution in [0.5, 0.6) is 0 Å². The molecule has 6 rings (SSSR count). The Morgan fingerprint density at radius 2 is 1.76 bits per heavy atom. The fourth-order valence-electron chi connectivity index (χ4n) is 5.29. The Kier molecular flexibility index (Phi) is 5.83. The maximum atomic E-state index is 14.2. The number of aliphatic hydroxyl groups is 1. The average Bonchev–Trinajstić information content (AvgIpc) is 3.55. The van der Waals surface area contributed by atoms with E-state index in [1.165, 1.54) is 13.8 Å². The number of piperidine rings is 1. The Morgan fingerprint density at radius 3 is 2.50 bits per heavy atom. The molecule has 1 aliphatic heterocycles. The van der Waals surface area contributed by atoms with Crippen molar-refractivity contribution >= 4 is 27.8 Å². The van der Waals surface area contributed by atoms with Gasteiger partial charge in [0, 0.05) is 29.4 Å². The van der Waals surface area contributed by atoms with E-state index in [4.69, 9.17) is 4.42 Å². The number of hydrogen-bond acceptors (Lipinski definition) is 4. The summed E-state index contributed by atoms with van der Waals surface area (Å²) in [6, 6.07) is 21.0. The molecule has 0 spiro atoms. The maximum absolute atomic E-state index is 14.2. The lowest BCUT2D eigenvalue weighted by Crippen LogP contribution is -2.45. The monoisotopic (exact) mass is 511 g/mol. The number of H-pyrrole nitrogens is 1. The summed E-state index contributed by atoms with van der Waals surface area (Å²) in [6.45, 7) is 3.97. The van der Waals surface area contributed by atoms with E-state index in [0.717, 1.165) is 33.1 Å². The second kappa shape index (κ2) is 9.10. The number of benzene rings is 3. The molecule has 6 nitrogen and oxygen atoms in total. The highest BCUT2D eigenvalue weighted by atomic mass is 19.1. The molecule has 0 bridgehead atoms. The normalized spacial score (nSPS) is 15.8. The molecule has 0 unspecified atom stereocenters. The predicted molar refractivity (Wildman–Crippen MR) is 145 cm³/mol. The van der Waals surface area contributed by atoms with Gasteiger partial charge < -0.3 is 19.4 Å². The second-order valence-corrected chi connectivity index (χ2v) is 10.7. The van der Waals surface area contributed by atoms with Crippen molar-refractivity contribution in [1.29, 1.82) is 0 Å². The number of rotatable bonds is 5. The summed E-state index contributed by atoms with van der Waals surface area (Å²) >= 11 is 0. The van der Waals surface area contributed by atoms with Crippen molar-refractivity contribution in [2.45, 2.75) is 44.4 Å². The molecule has 1 aliphatic rings. The molecule has 7 heteroatoms. The van der Waals surface area contributed by atoms with E-state index in [1.807, 2.05) is 59.5 Å². The number of aromatic amines is 1. The van der Waals surface area contributed by atoms with Crippen LogP contribution in [-0.2, 0) is 22.5 Å². The van der Waals surface area contributed by atoms with Gasteiger partial charge in [-0.2, -0.15) is 0 Å². The zero-order chi connectivity index (χ0) is 26.5. The lowest BCUT2D eigenvalue weighted by atomic mass is 9.88. The number of alkyl halides is 1. The van der Waals surface area contributed by atoms with E-state index in [9.17, 15) is 14.3 Å². The van der Waals surface area contributed by atoms with Gasteiger partial charge in [-0.15, -0.1) is 0 Å². The van der Waals surface area contributed by atoms with Gasteiger partial charge in [-0.3, -0.25) is 4.79 Å². The van der Waals surface area contributed by atoms with Crippen LogP contribution in [-0.4, -0.2) is 39.0 Å². The first-order chi connectivity index (χ1) is 18.2. The van der Waals surface area contributed by atoms with Crippen molar-refractivity contribution in [1.82, 2.24) is 14.9 Å². The van der Waals surface area contributed by atoms with Crippen LogP contribution in [0.3, 0.4) is 0 Å². The zero-order valence-electron chi connectivity index (χ0n) is 21.5. The summed E-state index contributed by atoms with van der Waals surface area (Å²) in [6.07, 6.45) is 2.79. The van der Waals surface area contributed by atoms with Crippen molar-refractivity contribution in [3.05, 3.63) is 89.7 Å². The Hall–Kier alpha value is -3.97. The summed E-state index contributed by atoms with van der Waals surface area (Å²) in [5, 5.41) is 13.4. The van der Waals surface area contributed by atoms with Gasteiger partial charge in [-0.1, -0.05) is 48.5 Å². The van der Waals surface area contributed by atoms with Gasteiger partial charge in [-0.05, 0) is 56.0 Å². The van der Waals surface area contributed by atoms with Crippen molar-refractivity contribution in [2.24, 2.45) is 0 Å². The maximum Gasteiger partial charge on any atom is 0.226 e. The number of carbonyl (C=O) groups is 1. The number of fused-ring (bicyclic) bond motifs is 3. The van der Waals surface area contributed by atoms with E-state index in [-0.39, 0.29) is 5.91 Å². The number of nitrogens with zero attached hydrogens (tertiary/aromatic N) is 2. The third-order valence-electron chi connectivity index (χ3n) is 7.66. The SMILES string of the molecule is CC(C)(F)c1ccc(-c2ncc(C3(O)CCN(C(=O)Cc4ccc5oc6ccccc6c5c4)CC3)[nH]2)cc1. The molecule has 5 aromatic rings. The Labute approximate surface area is 220 Å². The largest absolute Gasteiger partial charge is 0.456 e. The fraction of sp³-hybridized carbons (Fsp3) is 0.290. The first-order valence-corrected chi connectivity index (χ1v) is 13.0. The number of aromatic nitrogens is 2. The molecule has 2 aromatic heterocycles. The number of imidazole rings is 1. The lowest BCUT2D eigenvalue weighted by Gasteiger charge is -2.37. The predicted octanol–water partition coefficient (Wildman–Crippen LogP) is 6.23. The van der Waals surface area contributed by atoms with Crippen LogP contribution in [0.15, 0.2) is 77.3 Å². The summed E-state index contributed by atoms with van der Waals surface area (Å²) < 4.78 is 20.1.